The van der Waals surface area contributed by atoms with Crippen molar-refractivity contribution in [3.63, 3.8) is 0 Å². The van der Waals surface area contributed by atoms with E-state index in [2.05, 4.69) is 10.2 Å². The number of methoxy groups -OCH3 is 1. The number of carboxylic acids is 1. The predicted molar refractivity (Wildman–Crippen MR) is 68.6 cm³/mol. The number of likely N-dealkylation sites (N-methyl/N-ethyl adjacent to an activating group) is 1. The lowest BCUT2D eigenvalue weighted by Crippen LogP contribution is -2.61. The first kappa shape index (κ1) is 13.8. The minimum Gasteiger partial charge on any atom is -0.480 e. The maximum absolute atomic E-state index is 11.6. The highest BCUT2D eigenvalue weighted by Gasteiger charge is 2.51. The average molecular weight is 256 g/mol. The highest BCUT2D eigenvalue weighted by Crippen LogP contribution is 2.40. The Morgan fingerprint density at radius 1 is 1.50 bits per heavy atom. The third-order valence-corrected chi connectivity index (χ3v) is 4.37. The van der Waals surface area contributed by atoms with Gasteiger partial charge in [-0.3, -0.25) is 9.69 Å². The number of likely N-dealkylation sites (tertiary alicyclic amines) is 1. The number of aliphatic carboxylic acids is 1. The van der Waals surface area contributed by atoms with Crippen LogP contribution in [0.3, 0.4) is 0 Å². The van der Waals surface area contributed by atoms with Crippen molar-refractivity contribution in [1.82, 2.24) is 10.2 Å². The molecular formula is C13H24N2O3. The van der Waals surface area contributed by atoms with Crippen molar-refractivity contribution in [1.29, 1.82) is 0 Å². The van der Waals surface area contributed by atoms with Crippen LogP contribution in [0, 0.1) is 5.92 Å². The molecule has 0 radical (unpaired) electrons. The summed E-state index contributed by atoms with van der Waals surface area (Å²) in [5.41, 5.74) is -0.768. The number of carbonyl (C=O) groups is 1. The Morgan fingerprint density at radius 3 is 2.72 bits per heavy atom. The molecule has 104 valence electrons. The van der Waals surface area contributed by atoms with Crippen molar-refractivity contribution in [2.75, 3.05) is 33.8 Å². The van der Waals surface area contributed by atoms with Gasteiger partial charge in [0.05, 0.1) is 6.10 Å². The van der Waals surface area contributed by atoms with Crippen LogP contribution in [-0.4, -0.2) is 61.4 Å². The molecule has 0 bridgehead atoms. The van der Waals surface area contributed by atoms with E-state index in [4.69, 9.17) is 4.74 Å². The molecule has 0 spiro atoms. The van der Waals surface area contributed by atoms with E-state index in [1.54, 1.807) is 14.2 Å². The second-order valence-corrected chi connectivity index (χ2v) is 5.54. The summed E-state index contributed by atoms with van der Waals surface area (Å²) in [4.78, 5) is 13.9. The molecular weight excluding hydrogens is 232 g/mol. The number of nitrogens with zero attached hydrogens (tertiary/aromatic N) is 1. The number of hydrogen-bond acceptors (Lipinski definition) is 4. The van der Waals surface area contributed by atoms with Crippen LogP contribution in [0.15, 0.2) is 0 Å². The van der Waals surface area contributed by atoms with Crippen LogP contribution in [-0.2, 0) is 9.53 Å². The first-order chi connectivity index (χ1) is 8.62. The summed E-state index contributed by atoms with van der Waals surface area (Å²) >= 11 is 0. The van der Waals surface area contributed by atoms with Crippen LogP contribution < -0.4 is 5.32 Å². The summed E-state index contributed by atoms with van der Waals surface area (Å²) < 4.78 is 5.40. The SMILES string of the molecule is CNC(CN1CCCC(OC)C1)(C(=O)O)C1CC1. The quantitative estimate of drug-likeness (QED) is 0.727. The minimum atomic E-state index is -0.768. The monoisotopic (exact) mass is 256 g/mol. The van der Waals surface area contributed by atoms with Gasteiger partial charge in [0, 0.05) is 20.2 Å². The number of piperidine rings is 1. The van der Waals surface area contributed by atoms with Gasteiger partial charge in [-0.15, -0.1) is 0 Å². The number of ether oxygens (including phenoxy) is 1. The third-order valence-electron chi connectivity index (χ3n) is 4.37. The topological polar surface area (TPSA) is 61.8 Å². The summed E-state index contributed by atoms with van der Waals surface area (Å²) in [6.07, 6.45) is 4.46. The summed E-state index contributed by atoms with van der Waals surface area (Å²) in [5.74, 6) is -0.435. The van der Waals surface area contributed by atoms with Gasteiger partial charge in [-0.1, -0.05) is 0 Å². The molecule has 0 aromatic rings. The molecule has 5 nitrogen and oxygen atoms in total. The van der Waals surface area contributed by atoms with Gasteiger partial charge in [-0.2, -0.15) is 0 Å². The first-order valence-electron chi connectivity index (χ1n) is 6.80. The average Bonchev–Trinajstić information content (AvgIpc) is 3.20. The van der Waals surface area contributed by atoms with Crippen molar-refractivity contribution in [2.45, 2.75) is 37.3 Å². The summed E-state index contributed by atoms with van der Waals surface area (Å²) in [6.45, 7) is 2.41. The molecule has 2 atom stereocenters. The van der Waals surface area contributed by atoms with Gasteiger partial charge in [0.2, 0.25) is 0 Å². The van der Waals surface area contributed by atoms with Gasteiger partial charge in [0.15, 0.2) is 0 Å². The maximum atomic E-state index is 11.6. The lowest BCUT2D eigenvalue weighted by atomic mass is 9.91. The van der Waals surface area contributed by atoms with Crippen molar-refractivity contribution in [3.05, 3.63) is 0 Å². The molecule has 2 unspecified atom stereocenters. The molecule has 2 fully saturated rings. The van der Waals surface area contributed by atoms with Crippen LogP contribution >= 0.6 is 0 Å². The fourth-order valence-corrected chi connectivity index (χ4v) is 3.04. The normalized spacial score (nSPS) is 28.9. The molecule has 1 saturated carbocycles. The summed E-state index contributed by atoms with van der Waals surface area (Å²) in [5, 5.41) is 12.6. The molecule has 2 N–H and O–H groups in total. The van der Waals surface area contributed by atoms with E-state index >= 15 is 0 Å². The second kappa shape index (κ2) is 5.55. The third kappa shape index (κ3) is 2.68. The predicted octanol–water partition coefficient (Wildman–Crippen LogP) is 0.550. The highest BCUT2D eigenvalue weighted by molar-refractivity contribution is 5.80. The molecule has 2 aliphatic rings. The summed E-state index contributed by atoms with van der Waals surface area (Å²) in [7, 11) is 3.50. The lowest BCUT2D eigenvalue weighted by molar-refractivity contribution is -0.147. The molecule has 1 aliphatic carbocycles. The molecule has 18 heavy (non-hydrogen) atoms. The van der Waals surface area contributed by atoms with Gasteiger partial charge in [0.1, 0.15) is 5.54 Å². The Labute approximate surface area is 108 Å². The Hall–Kier alpha value is -0.650. The molecule has 1 heterocycles. The van der Waals surface area contributed by atoms with E-state index < -0.39 is 11.5 Å². The van der Waals surface area contributed by atoms with Crippen LogP contribution in [0.4, 0.5) is 0 Å². The molecule has 1 saturated heterocycles. The van der Waals surface area contributed by atoms with E-state index in [9.17, 15) is 9.90 Å². The van der Waals surface area contributed by atoms with Crippen LogP contribution in [0.1, 0.15) is 25.7 Å². The van der Waals surface area contributed by atoms with Gasteiger partial charge in [0.25, 0.3) is 0 Å². The van der Waals surface area contributed by atoms with Gasteiger partial charge in [-0.05, 0) is 45.2 Å². The molecule has 0 amide bonds. The Morgan fingerprint density at radius 2 is 2.22 bits per heavy atom. The zero-order chi connectivity index (χ0) is 13.2. The fourth-order valence-electron chi connectivity index (χ4n) is 3.04. The van der Waals surface area contributed by atoms with Crippen molar-refractivity contribution in [3.8, 4) is 0 Å². The van der Waals surface area contributed by atoms with E-state index in [1.165, 1.54) is 0 Å². The van der Waals surface area contributed by atoms with E-state index in [0.717, 1.165) is 38.8 Å². The van der Waals surface area contributed by atoms with Crippen molar-refractivity contribution < 1.29 is 14.6 Å². The van der Waals surface area contributed by atoms with E-state index in [1.807, 2.05) is 0 Å². The zero-order valence-corrected chi connectivity index (χ0v) is 11.3. The molecule has 5 heteroatoms. The Balaban J connectivity index is 2.02. The van der Waals surface area contributed by atoms with Crippen molar-refractivity contribution >= 4 is 5.97 Å². The lowest BCUT2D eigenvalue weighted by Gasteiger charge is -2.39. The number of hydrogen-bond donors (Lipinski definition) is 2. The molecule has 2 rings (SSSR count). The van der Waals surface area contributed by atoms with Gasteiger partial charge >= 0.3 is 5.97 Å². The molecule has 0 aromatic carbocycles. The van der Waals surface area contributed by atoms with Gasteiger partial charge < -0.3 is 15.2 Å². The van der Waals surface area contributed by atoms with Crippen molar-refractivity contribution in [2.24, 2.45) is 5.92 Å². The summed E-state index contributed by atoms with van der Waals surface area (Å²) in [6, 6.07) is 0. The first-order valence-corrected chi connectivity index (χ1v) is 6.80. The molecule has 1 aliphatic heterocycles. The van der Waals surface area contributed by atoms with E-state index in [-0.39, 0.29) is 12.0 Å². The number of carboxylic acid groups (broad SMARTS) is 1. The number of rotatable bonds is 6. The largest absolute Gasteiger partial charge is 0.480 e. The van der Waals surface area contributed by atoms with E-state index in [0.29, 0.717) is 6.54 Å². The minimum absolute atomic E-state index is 0.251. The smallest absolute Gasteiger partial charge is 0.325 e. The Kier molecular flexibility index (Phi) is 4.25. The van der Waals surface area contributed by atoms with Crippen LogP contribution in [0.5, 0.6) is 0 Å². The Bertz CT molecular complexity index is 307. The molecule has 0 aromatic heterocycles. The highest BCUT2D eigenvalue weighted by atomic mass is 16.5. The zero-order valence-electron chi connectivity index (χ0n) is 11.3. The standard InChI is InChI=1S/C13H24N2O3/c1-14-13(12(16)17,10-5-6-10)9-15-7-3-4-11(8-15)18-2/h10-11,14H,3-9H2,1-2H3,(H,16,17). The van der Waals surface area contributed by atoms with Crippen LogP contribution in [0.25, 0.3) is 0 Å². The number of nitrogens with one attached hydrogen (secondary N) is 1. The fraction of sp³-hybridized carbons (Fsp3) is 0.923. The second-order valence-electron chi connectivity index (χ2n) is 5.54. The van der Waals surface area contributed by atoms with Crippen LogP contribution in [0.2, 0.25) is 0 Å². The van der Waals surface area contributed by atoms with Gasteiger partial charge in [-0.25, -0.2) is 0 Å². The maximum Gasteiger partial charge on any atom is 0.325 e.